The van der Waals surface area contributed by atoms with Crippen molar-refractivity contribution in [1.29, 1.82) is 0 Å². The van der Waals surface area contributed by atoms with Crippen LogP contribution >= 0.6 is 0 Å². The minimum atomic E-state index is -1.76. The van der Waals surface area contributed by atoms with Crippen LogP contribution in [-0.2, 0) is 9.31 Å². The SMILES string of the molecule is CC1c2cn([Si](C(C)C)(C(C)C)C(C)C)cc2B2OC(C)(C)C(C)(O2)C1C. The van der Waals surface area contributed by atoms with Gasteiger partial charge in [-0.2, -0.15) is 0 Å². The Morgan fingerprint density at radius 2 is 1.44 bits per heavy atom. The van der Waals surface area contributed by atoms with Gasteiger partial charge in [0.15, 0.2) is 8.24 Å². The summed E-state index contributed by atoms with van der Waals surface area (Å²) in [6.07, 6.45) is 4.88. The molecule has 3 atom stereocenters. The van der Waals surface area contributed by atoms with Crippen LogP contribution in [0, 0.1) is 5.92 Å². The first kappa shape index (κ1) is 21.2. The molecule has 0 radical (unpaired) electrons. The van der Waals surface area contributed by atoms with Gasteiger partial charge in [-0.25, -0.2) is 0 Å². The van der Waals surface area contributed by atoms with E-state index in [4.69, 9.17) is 9.31 Å². The second-order valence-corrected chi connectivity index (χ2v) is 16.4. The molecule has 2 bridgehead atoms. The fraction of sp³-hybridized carbons (Fsp3) is 0.818. The highest BCUT2D eigenvalue weighted by Crippen LogP contribution is 2.50. The van der Waals surface area contributed by atoms with Crippen LogP contribution in [0.3, 0.4) is 0 Å². The Morgan fingerprint density at radius 3 is 1.93 bits per heavy atom. The molecular weight excluding hydrogens is 349 g/mol. The summed E-state index contributed by atoms with van der Waals surface area (Å²) in [6.45, 7) is 25.9. The van der Waals surface area contributed by atoms with Gasteiger partial charge in [0, 0.05) is 5.46 Å². The molecule has 1 aromatic heterocycles. The van der Waals surface area contributed by atoms with Gasteiger partial charge in [-0.3, -0.25) is 0 Å². The Balaban J connectivity index is 2.19. The Morgan fingerprint density at radius 1 is 0.926 bits per heavy atom. The van der Waals surface area contributed by atoms with E-state index in [-0.39, 0.29) is 18.3 Å². The van der Waals surface area contributed by atoms with Crippen molar-refractivity contribution in [3.63, 3.8) is 0 Å². The number of hydrogen-bond donors (Lipinski definition) is 0. The number of aromatic nitrogens is 1. The van der Waals surface area contributed by atoms with E-state index >= 15 is 0 Å². The zero-order valence-corrected chi connectivity index (χ0v) is 20.4. The van der Waals surface area contributed by atoms with Crippen LogP contribution in [0.15, 0.2) is 12.4 Å². The summed E-state index contributed by atoms with van der Waals surface area (Å²) >= 11 is 0. The van der Waals surface area contributed by atoms with E-state index in [9.17, 15) is 0 Å². The molecule has 5 heteroatoms. The molecule has 2 aliphatic rings. The number of fused-ring (bicyclic) bond motifs is 4. The van der Waals surface area contributed by atoms with E-state index in [0.717, 1.165) is 0 Å². The maximum Gasteiger partial charge on any atom is 0.496 e. The average molecular weight is 389 g/mol. The zero-order chi connectivity index (χ0) is 20.5. The average Bonchev–Trinajstić information content (AvgIpc) is 3.04. The van der Waals surface area contributed by atoms with Crippen LogP contribution in [0.4, 0.5) is 0 Å². The van der Waals surface area contributed by atoms with Crippen LogP contribution in [0.2, 0.25) is 16.6 Å². The van der Waals surface area contributed by atoms with Crippen molar-refractivity contribution in [3.8, 4) is 0 Å². The molecule has 1 saturated heterocycles. The summed E-state index contributed by atoms with van der Waals surface area (Å²) in [5.74, 6) is 0.848. The van der Waals surface area contributed by atoms with E-state index in [1.807, 2.05) is 0 Å². The highest BCUT2D eigenvalue weighted by Gasteiger charge is 2.61. The molecule has 3 heterocycles. The fourth-order valence-electron chi connectivity index (χ4n) is 6.48. The highest BCUT2D eigenvalue weighted by molar-refractivity contribution is 6.82. The molecule has 0 spiro atoms. The predicted octanol–water partition coefficient (Wildman–Crippen LogP) is 5.54. The minimum absolute atomic E-state index is 0.244. The van der Waals surface area contributed by atoms with Crippen molar-refractivity contribution in [2.75, 3.05) is 0 Å². The first-order valence-electron chi connectivity index (χ1n) is 10.9. The lowest BCUT2D eigenvalue weighted by molar-refractivity contribution is -0.0549. The molecular formula is C22H40BNO2Si. The van der Waals surface area contributed by atoms with Crippen LogP contribution in [0.25, 0.3) is 0 Å². The van der Waals surface area contributed by atoms with E-state index in [1.54, 1.807) is 0 Å². The standard InChI is InChI=1S/C22H40BNO2Si/c1-14(2)27(15(3)4,16(5)6)24-12-19-17(7)18(8)22(11)21(9,10)25-23(26-22)20(19)13-24/h12-18H,1-11H3. The van der Waals surface area contributed by atoms with Gasteiger partial charge in [0.05, 0.1) is 11.2 Å². The molecule has 3 unspecified atom stereocenters. The van der Waals surface area contributed by atoms with Gasteiger partial charge in [0.2, 0.25) is 0 Å². The van der Waals surface area contributed by atoms with Crippen LogP contribution in [0.1, 0.15) is 87.6 Å². The summed E-state index contributed by atoms with van der Waals surface area (Å²) in [5.41, 5.74) is 4.17. The summed E-state index contributed by atoms with van der Waals surface area (Å²) in [7, 11) is -2.01. The molecule has 0 aromatic carbocycles. The Labute approximate surface area is 168 Å². The Kier molecular flexibility index (Phi) is 5.10. The van der Waals surface area contributed by atoms with Crippen LogP contribution in [0.5, 0.6) is 0 Å². The van der Waals surface area contributed by atoms with E-state index in [0.29, 0.717) is 28.5 Å². The third kappa shape index (κ3) is 2.67. The van der Waals surface area contributed by atoms with E-state index in [1.165, 1.54) is 11.0 Å². The Bertz CT molecular complexity index is 689. The smallest absolute Gasteiger partial charge is 0.399 e. The lowest BCUT2D eigenvalue weighted by Crippen LogP contribution is -2.52. The molecule has 27 heavy (non-hydrogen) atoms. The molecule has 0 N–H and O–H groups in total. The molecule has 1 fully saturated rings. The van der Waals surface area contributed by atoms with Gasteiger partial charge in [-0.05, 0) is 67.2 Å². The fourth-order valence-corrected chi connectivity index (χ4v) is 13.0. The second-order valence-electron chi connectivity index (χ2n) is 10.7. The topological polar surface area (TPSA) is 23.4 Å². The number of nitrogens with zero attached hydrogens (tertiary/aromatic N) is 1. The van der Waals surface area contributed by atoms with Crippen molar-refractivity contribution >= 4 is 20.8 Å². The molecule has 3 nitrogen and oxygen atoms in total. The number of hydrogen-bond acceptors (Lipinski definition) is 2. The minimum Gasteiger partial charge on any atom is -0.399 e. The van der Waals surface area contributed by atoms with Gasteiger partial charge in [-0.1, -0.05) is 55.4 Å². The van der Waals surface area contributed by atoms with Gasteiger partial charge in [-0.15, -0.1) is 0 Å². The summed E-state index contributed by atoms with van der Waals surface area (Å²) in [4.78, 5) is 0. The van der Waals surface area contributed by atoms with Crippen LogP contribution < -0.4 is 5.46 Å². The van der Waals surface area contributed by atoms with Crippen LogP contribution in [-0.4, -0.2) is 30.8 Å². The maximum absolute atomic E-state index is 6.62. The molecule has 0 amide bonds. The van der Waals surface area contributed by atoms with Crippen molar-refractivity contribution in [2.45, 2.75) is 110 Å². The quantitative estimate of drug-likeness (QED) is 0.631. The Hall–Kier alpha value is -0.518. The molecule has 3 rings (SSSR count). The summed E-state index contributed by atoms with van der Waals surface area (Å²) < 4.78 is 15.8. The van der Waals surface area contributed by atoms with E-state index in [2.05, 4.69) is 92.8 Å². The molecule has 0 aliphatic carbocycles. The lowest BCUT2D eigenvalue weighted by atomic mass is 9.68. The predicted molar refractivity (Wildman–Crippen MR) is 118 cm³/mol. The van der Waals surface area contributed by atoms with Crippen molar-refractivity contribution in [1.82, 2.24) is 4.23 Å². The largest absolute Gasteiger partial charge is 0.496 e. The third-order valence-corrected chi connectivity index (χ3v) is 15.1. The van der Waals surface area contributed by atoms with E-state index < -0.39 is 8.24 Å². The first-order chi connectivity index (χ1) is 12.3. The zero-order valence-electron chi connectivity index (χ0n) is 19.4. The maximum atomic E-state index is 6.62. The highest BCUT2D eigenvalue weighted by atomic mass is 28.3. The first-order valence-corrected chi connectivity index (χ1v) is 13.1. The summed E-state index contributed by atoms with van der Waals surface area (Å²) in [6, 6.07) is 0. The molecule has 2 aliphatic heterocycles. The molecule has 1 aromatic rings. The molecule has 0 saturated carbocycles. The summed E-state index contributed by atoms with van der Waals surface area (Å²) in [5, 5.41) is 0. The van der Waals surface area contributed by atoms with Gasteiger partial charge in [0.25, 0.3) is 0 Å². The molecule has 152 valence electrons. The number of rotatable bonds is 4. The second kappa shape index (κ2) is 6.50. The van der Waals surface area contributed by atoms with Crippen molar-refractivity contribution < 1.29 is 9.31 Å². The monoisotopic (exact) mass is 389 g/mol. The van der Waals surface area contributed by atoms with Crippen molar-refractivity contribution in [3.05, 3.63) is 18.0 Å². The normalized spacial score (nSPS) is 30.4. The van der Waals surface area contributed by atoms with Gasteiger partial charge >= 0.3 is 7.12 Å². The lowest BCUT2D eigenvalue weighted by Gasteiger charge is -2.44. The van der Waals surface area contributed by atoms with Gasteiger partial charge in [0.1, 0.15) is 0 Å². The third-order valence-electron chi connectivity index (χ3n) is 8.42. The van der Waals surface area contributed by atoms with Crippen molar-refractivity contribution in [2.24, 2.45) is 5.92 Å². The van der Waals surface area contributed by atoms with Gasteiger partial charge < -0.3 is 13.5 Å².